The van der Waals surface area contributed by atoms with E-state index in [0.29, 0.717) is 5.52 Å². The lowest BCUT2D eigenvalue weighted by Crippen LogP contribution is -1.97. The molecule has 2 rings (SSSR count). The molecule has 0 saturated carbocycles. The van der Waals surface area contributed by atoms with Gasteiger partial charge in [-0.25, -0.2) is 4.98 Å². The van der Waals surface area contributed by atoms with Crippen LogP contribution in [0.2, 0.25) is 0 Å². The number of aryl methyl sites for hydroxylation is 1. The summed E-state index contributed by atoms with van der Waals surface area (Å²) in [5.74, 6) is 0.880. The van der Waals surface area contributed by atoms with Crippen LogP contribution in [0.4, 0.5) is 0 Å². The van der Waals surface area contributed by atoms with E-state index in [1.165, 1.54) is 89.2 Å². The largest absolute Gasteiger partial charge is 0.342 e. The molecule has 5 nitrogen and oxygen atoms in total. The van der Waals surface area contributed by atoms with Gasteiger partial charge in [-0.1, -0.05) is 84.0 Å². The zero-order chi connectivity index (χ0) is 20.2. The molecule has 2 N–H and O–H groups in total. The van der Waals surface area contributed by atoms with Gasteiger partial charge in [0, 0.05) is 6.42 Å². The summed E-state index contributed by atoms with van der Waals surface area (Å²) in [4.78, 5) is 7.57. The van der Waals surface area contributed by atoms with E-state index in [1.807, 2.05) is 0 Å². The van der Waals surface area contributed by atoms with Crippen molar-refractivity contribution in [1.29, 1.82) is 0 Å². The first kappa shape index (κ1) is 22.9. The topological polar surface area (TPSA) is 83.1 Å². The first-order valence-corrected chi connectivity index (χ1v) is 12.4. The van der Waals surface area contributed by atoms with E-state index in [2.05, 4.69) is 16.9 Å². The van der Waals surface area contributed by atoms with Gasteiger partial charge in [-0.2, -0.15) is 8.42 Å². The SMILES string of the molecule is CCCCCCCCCCCCCCCc1nc2cc(S(=O)(=O)O)ccc2[nH]1. The first-order chi connectivity index (χ1) is 13.5. The second-order valence-electron chi connectivity index (χ2n) is 7.83. The highest BCUT2D eigenvalue weighted by molar-refractivity contribution is 7.85. The predicted molar refractivity (Wildman–Crippen MR) is 115 cm³/mol. The van der Waals surface area contributed by atoms with Crippen molar-refractivity contribution in [2.75, 3.05) is 0 Å². The van der Waals surface area contributed by atoms with Crippen molar-refractivity contribution in [1.82, 2.24) is 9.97 Å². The molecule has 0 amide bonds. The number of nitrogens with zero attached hydrogens (tertiary/aromatic N) is 1. The van der Waals surface area contributed by atoms with Gasteiger partial charge in [-0.3, -0.25) is 4.55 Å². The molecule has 0 aliphatic heterocycles. The molecule has 6 heteroatoms. The fourth-order valence-electron chi connectivity index (χ4n) is 3.63. The van der Waals surface area contributed by atoms with Crippen LogP contribution in [0.1, 0.15) is 96.2 Å². The number of benzene rings is 1. The molecule has 0 atom stereocenters. The molecule has 0 spiro atoms. The van der Waals surface area contributed by atoms with E-state index >= 15 is 0 Å². The van der Waals surface area contributed by atoms with Crippen molar-refractivity contribution < 1.29 is 13.0 Å². The Morgan fingerprint density at radius 1 is 0.857 bits per heavy atom. The van der Waals surface area contributed by atoms with Crippen LogP contribution in [0, 0.1) is 0 Å². The lowest BCUT2D eigenvalue weighted by molar-refractivity contribution is 0.483. The maximum atomic E-state index is 11.2. The van der Waals surface area contributed by atoms with Gasteiger partial charge < -0.3 is 4.98 Å². The lowest BCUT2D eigenvalue weighted by Gasteiger charge is -2.02. The van der Waals surface area contributed by atoms with Crippen LogP contribution in [0.3, 0.4) is 0 Å². The number of imidazole rings is 1. The van der Waals surface area contributed by atoms with Gasteiger partial charge in [0.05, 0.1) is 15.9 Å². The molecule has 0 unspecified atom stereocenters. The number of hydrogen-bond donors (Lipinski definition) is 2. The minimum Gasteiger partial charge on any atom is -0.342 e. The van der Waals surface area contributed by atoms with Crippen molar-refractivity contribution in [3.8, 4) is 0 Å². The van der Waals surface area contributed by atoms with E-state index in [4.69, 9.17) is 4.55 Å². The molecule has 1 aromatic carbocycles. The monoisotopic (exact) mass is 408 g/mol. The standard InChI is InChI=1S/C22H36N2O3S/c1-2-3-4-5-6-7-8-9-10-11-12-13-14-15-22-23-20-17-16-19(28(25,26)27)18-21(20)24-22/h16-18H,2-15H2,1H3,(H,23,24)(H,25,26,27). The summed E-state index contributed by atoms with van der Waals surface area (Å²) in [5.41, 5.74) is 1.39. The molecule has 1 aromatic heterocycles. The zero-order valence-electron chi connectivity index (χ0n) is 17.3. The van der Waals surface area contributed by atoms with Gasteiger partial charge in [0.15, 0.2) is 0 Å². The molecule has 28 heavy (non-hydrogen) atoms. The summed E-state index contributed by atoms with van der Waals surface area (Å²) in [5, 5.41) is 0. The zero-order valence-corrected chi connectivity index (χ0v) is 18.1. The van der Waals surface area contributed by atoms with Crippen molar-refractivity contribution in [3.05, 3.63) is 24.0 Å². The number of aromatic nitrogens is 2. The van der Waals surface area contributed by atoms with Crippen LogP contribution in [0.25, 0.3) is 11.0 Å². The Hall–Kier alpha value is -1.40. The van der Waals surface area contributed by atoms with Crippen LogP contribution in [-0.4, -0.2) is 22.9 Å². The summed E-state index contributed by atoms with van der Waals surface area (Å²) in [6.07, 6.45) is 18.2. The highest BCUT2D eigenvalue weighted by Gasteiger charge is 2.11. The number of fused-ring (bicyclic) bond motifs is 1. The van der Waals surface area contributed by atoms with Gasteiger partial charge in [-0.15, -0.1) is 0 Å². The Labute approximate surface area is 170 Å². The average Bonchev–Trinajstić information content (AvgIpc) is 3.06. The summed E-state index contributed by atoms with van der Waals surface area (Å²) < 4.78 is 31.5. The lowest BCUT2D eigenvalue weighted by atomic mass is 10.0. The summed E-state index contributed by atoms with van der Waals surface area (Å²) in [6, 6.07) is 4.46. The molecular weight excluding hydrogens is 372 g/mol. The molecule has 1 heterocycles. The van der Waals surface area contributed by atoms with E-state index in [1.54, 1.807) is 6.07 Å². The fraction of sp³-hybridized carbons (Fsp3) is 0.682. The van der Waals surface area contributed by atoms with Gasteiger partial charge in [0.25, 0.3) is 10.1 Å². The number of unbranched alkanes of at least 4 members (excludes halogenated alkanes) is 12. The Morgan fingerprint density at radius 3 is 1.93 bits per heavy atom. The third-order valence-electron chi connectivity index (χ3n) is 5.32. The van der Waals surface area contributed by atoms with Crippen molar-refractivity contribution in [2.45, 2.75) is 102 Å². The first-order valence-electron chi connectivity index (χ1n) is 11.0. The molecule has 0 radical (unpaired) electrons. The molecular formula is C22H36N2O3S. The van der Waals surface area contributed by atoms with E-state index in [9.17, 15) is 8.42 Å². The number of nitrogens with one attached hydrogen (secondary N) is 1. The molecule has 0 bridgehead atoms. The van der Waals surface area contributed by atoms with Crippen LogP contribution < -0.4 is 0 Å². The van der Waals surface area contributed by atoms with E-state index < -0.39 is 10.1 Å². The smallest absolute Gasteiger partial charge is 0.294 e. The quantitative estimate of drug-likeness (QED) is 0.262. The number of rotatable bonds is 15. The van der Waals surface area contributed by atoms with Crippen LogP contribution in [-0.2, 0) is 16.5 Å². The second kappa shape index (κ2) is 12.2. The Kier molecular flexibility index (Phi) is 9.99. The Bertz CT molecular complexity index is 799. The van der Waals surface area contributed by atoms with Gasteiger partial charge in [0.1, 0.15) is 5.82 Å². The van der Waals surface area contributed by atoms with Gasteiger partial charge >= 0.3 is 0 Å². The summed E-state index contributed by atoms with van der Waals surface area (Å²) in [7, 11) is -4.18. The van der Waals surface area contributed by atoms with E-state index in [-0.39, 0.29) is 4.90 Å². The minimum atomic E-state index is -4.18. The summed E-state index contributed by atoms with van der Waals surface area (Å²) >= 11 is 0. The Balaban J connectivity index is 1.54. The maximum absolute atomic E-state index is 11.2. The molecule has 0 fully saturated rings. The highest BCUT2D eigenvalue weighted by Crippen LogP contribution is 2.18. The number of hydrogen-bond acceptors (Lipinski definition) is 3. The van der Waals surface area contributed by atoms with Crippen LogP contribution in [0.15, 0.2) is 23.1 Å². The van der Waals surface area contributed by atoms with Crippen molar-refractivity contribution >= 4 is 21.2 Å². The van der Waals surface area contributed by atoms with Crippen LogP contribution in [0.5, 0.6) is 0 Å². The fourth-order valence-corrected chi connectivity index (χ4v) is 4.13. The Morgan fingerprint density at radius 2 is 1.39 bits per heavy atom. The third-order valence-corrected chi connectivity index (χ3v) is 6.17. The third kappa shape index (κ3) is 8.31. The normalized spacial score (nSPS) is 12.1. The minimum absolute atomic E-state index is 0.112. The van der Waals surface area contributed by atoms with Crippen LogP contribution >= 0.6 is 0 Å². The predicted octanol–water partition coefficient (Wildman–Crippen LogP) is 6.44. The summed E-state index contributed by atoms with van der Waals surface area (Å²) in [6.45, 7) is 2.26. The van der Waals surface area contributed by atoms with E-state index in [0.717, 1.165) is 24.2 Å². The molecule has 2 aromatic rings. The van der Waals surface area contributed by atoms with Crippen molar-refractivity contribution in [2.24, 2.45) is 0 Å². The second-order valence-corrected chi connectivity index (χ2v) is 9.25. The van der Waals surface area contributed by atoms with Gasteiger partial charge in [0.2, 0.25) is 0 Å². The molecule has 0 aliphatic carbocycles. The maximum Gasteiger partial charge on any atom is 0.294 e. The number of H-pyrrole nitrogens is 1. The van der Waals surface area contributed by atoms with Gasteiger partial charge in [-0.05, 0) is 24.6 Å². The average molecular weight is 409 g/mol. The van der Waals surface area contributed by atoms with Crippen molar-refractivity contribution in [3.63, 3.8) is 0 Å². The molecule has 158 valence electrons. The molecule has 0 saturated heterocycles. The highest BCUT2D eigenvalue weighted by atomic mass is 32.2. The number of aromatic amines is 1. The molecule has 0 aliphatic rings.